The van der Waals surface area contributed by atoms with Gasteiger partial charge in [-0.15, -0.1) is 0 Å². The third-order valence-corrected chi connectivity index (χ3v) is 13.3. The van der Waals surface area contributed by atoms with Gasteiger partial charge in [-0.25, -0.2) is 18.2 Å². The molecule has 0 spiro atoms. The second-order valence-electron chi connectivity index (χ2n) is 14.8. The lowest BCUT2D eigenvalue weighted by Crippen LogP contribution is -2.58. The van der Waals surface area contributed by atoms with Crippen molar-refractivity contribution in [3.63, 3.8) is 0 Å². The fourth-order valence-corrected chi connectivity index (χ4v) is 8.53. The van der Waals surface area contributed by atoms with Gasteiger partial charge in [-0.2, -0.15) is 4.98 Å². The minimum absolute atomic E-state index is 0.0784. The lowest BCUT2D eigenvalue weighted by atomic mass is 10.1. The maximum absolute atomic E-state index is 14.3. The van der Waals surface area contributed by atoms with Crippen LogP contribution in [-0.4, -0.2) is 103 Å². The summed E-state index contributed by atoms with van der Waals surface area (Å²) in [5.41, 5.74) is 0.693. The topological polar surface area (TPSA) is 169 Å². The average molecular weight is 747 g/mol. The molecule has 2 N–H and O–H groups in total. The Morgan fingerprint density at radius 2 is 1.79 bits per heavy atom. The van der Waals surface area contributed by atoms with Gasteiger partial charge in [0.05, 0.1) is 36.4 Å². The van der Waals surface area contributed by atoms with Gasteiger partial charge in [0.15, 0.2) is 5.82 Å². The first-order valence-electron chi connectivity index (χ1n) is 18.0. The number of aromatic nitrogens is 2. The molecule has 1 aromatic heterocycles. The van der Waals surface area contributed by atoms with Crippen LogP contribution in [-0.2, 0) is 19.6 Å². The highest BCUT2D eigenvalue weighted by Crippen LogP contribution is 2.47. The van der Waals surface area contributed by atoms with E-state index in [1.807, 2.05) is 55.5 Å². The van der Waals surface area contributed by atoms with Crippen molar-refractivity contribution in [1.82, 2.24) is 29.8 Å². The monoisotopic (exact) mass is 746 g/mol. The number of methoxy groups -OCH3 is 2. The van der Waals surface area contributed by atoms with Gasteiger partial charge in [-0.3, -0.25) is 14.3 Å². The molecule has 282 valence electrons. The molecular formula is C38H46N6O8S. The Balaban J connectivity index is 1.21. The molecule has 2 saturated carbocycles. The molecule has 2 aliphatic carbocycles. The van der Waals surface area contributed by atoms with Crippen molar-refractivity contribution >= 4 is 38.8 Å². The predicted octanol–water partition coefficient (Wildman–Crippen LogP) is 4.11. The summed E-state index contributed by atoms with van der Waals surface area (Å²) in [7, 11) is 0.942. The van der Waals surface area contributed by atoms with Crippen molar-refractivity contribution in [2.45, 2.75) is 81.2 Å². The van der Waals surface area contributed by atoms with Crippen LogP contribution in [0.2, 0.25) is 0 Å². The Bertz CT molecular complexity index is 2090. The van der Waals surface area contributed by atoms with Gasteiger partial charge in [0, 0.05) is 37.1 Å². The number of amides is 4. The van der Waals surface area contributed by atoms with Crippen molar-refractivity contribution in [3.8, 4) is 28.8 Å². The van der Waals surface area contributed by atoms with E-state index in [0.717, 1.165) is 30.4 Å². The largest absolute Gasteiger partial charge is 0.497 e. The number of carbonyl (C=O) groups excluding carboxylic acids is 3. The molecule has 14 nitrogen and oxygen atoms in total. The summed E-state index contributed by atoms with van der Waals surface area (Å²) in [5.74, 6) is 0.324. The summed E-state index contributed by atoms with van der Waals surface area (Å²) in [6.45, 7) is 4.09. The van der Waals surface area contributed by atoms with Crippen LogP contribution >= 0.6 is 0 Å². The van der Waals surface area contributed by atoms with Gasteiger partial charge in [-0.1, -0.05) is 12.2 Å². The number of urea groups is 1. The molecule has 3 fully saturated rings. The average Bonchev–Trinajstić information content (AvgIpc) is 4.03. The smallest absolute Gasteiger partial charge is 0.320 e. The predicted molar refractivity (Wildman–Crippen MR) is 197 cm³/mol. The minimum Gasteiger partial charge on any atom is -0.497 e. The number of benzene rings is 2. The van der Waals surface area contributed by atoms with E-state index in [1.165, 1.54) is 4.90 Å². The van der Waals surface area contributed by atoms with Crippen molar-refractivity contribution in [1.29, 1.82) is 0 Å². The third-order valence-electron chi connectivity index (χ3n) is 11.1. The standard InChI is InChI=1S/C38H46N6O8S/c1-23-30(51-5)16-15-28-31(23)39-32(24-11-13-26(50-4)14-12-24)40-34(28)52-27-20-29-33(45)41-38(35(46)42-53(48,49)37(2)17-18-37)21-25(38)10-8-6-7-9-19-43(3)36(47)44(29)22-27/h8,10-16,25,27,29H,6-7,9,17-22H2,1-5H3,(H,41,45)(H,42,46)/b10-8-. The Morgan fingerprint density at radius 1 is 1.04 bits per heavy atom. The Hall–Kier alpha value is -4.92. The molecule has 4 aliphatic rings. The third kappa shape index (κ3) is 6.86. The number of fused-ring (bicyclic) bond motifs is 3. The second kappa shape index (κ2) is 13.8. The van der Waals surface area contributed by atoms with Crippen LogP contribution in [0.1, 0.15) is 57.4 Å². The molecule has 1 saturated heterocycles. The van der Waals surface area contributed by atoms with E-state index in [4.69, 9.17) is 24.2 Å². The normalized spacial score (nSPS) is 26.1. The number of allylic oxidation sites excluding steroid dienone is 1. The Kier molecular flexibility index (Phi) is 9.49. The SMILES string of the molecule is COc1ccc(-c2nc(OC3CC4C(=O)NC5(C(=O)NS(=O)(=O)C6(C)CC6)CC5/C=C\CCCCN(C)C(=O)N4C3)c3ccc(OC)c(C)c3n2)cc1. The van der Waals surface area contributed by atoms with Gasteiger partial charge in [-0.05, 0) is 88.8 Å². The van der Waals surface area contributed by atoms with Crippen molar-refractivity contribution in [3.05, 3.63) is 54.1 Å². The molecule has 2 aliphatic heterocycles. The fraction of sp³-hybridized carbons (Fsp3) is 0.500. The molecule has 2 aromatic carbocycles. The van der Waals surface area contributed by atoms with E-state index in [0.29, 0.717) is 47.6 Å². The highest BCUT2D eigenvalue weighted by molar-refractivity contribution is 7.91. The summed E-state index contributed by atoms with van der Waals surface area (Å²) < 4.78 is 45.0. The number of hydrogen-bond donors (Lipinski definition) is 2. The van der Waals surface area contributed by atoms with E-state index in [2.05, 4.69) is 10.0 Å². The number of sulfonamides is 1. The van der Waals surface area contributed by atoms with Gasteiger partial charge in [0.1, 0.15) is 29.2 Å². The van der Waals surface area contributed by atoms with Crippen LogP contribution in [0.5, 0.6) is 17.4 Å². The van der Waals surface area contributed by atoms with Crippen molar-refractivity contribution in [2.24, 2.45) is 5.92 Å². The van der Waals surface area contributed by atoms with E-state index >= 15 is 0 Å². The molecule has 0 bridgehead atoms. The molecule has 7 rings (SSSR count). The number of hydrogen-bond acceptors (Lipinski definition) is 10. The molecule has 3 aromatic rings. The first-order valence-corrected chi connectivity index (χ1v) is 19.5. The van der Waals surface area contributed by atoms with Crippen LogP contribution in [0, 0.1) is 12.8 Å². The number of aryl methyl sites for hydroxylation is 1. The van der Waals surface area contributed by atoms with Crippen LogP contribution in [0.4, 0.5) is 4.79 Å². The maximum atomic E-state index is 14.3. The molecule has 4 amide bonds. The highest BCUT2D eigenvalue weighted by Gasteiger charge is 2.63. The van der Waals surface area contributed by atoms with E-state index in [1.54, 1.807) is 33.1 Å². The Labute approximate surface area is 309 Å². The van der Waals surface area contributed by atoms with Crippen molar-refractivity contribution < 1.29 is 37.0 Å². The zero-order chi connectivity index (χ0) is 37.7. The number of ether oxygens (including phenoxy) is 3. The quantitative estimate of drug-likeness (QED) is 0.320. The van der Waals surface area contributed by atoms with Gasteiger partial charge < -0.3 is 29.3 Å². The number of nitrogens with one attached hydrogen (secondary N) is 2. The first-order chi connectivity index (χ1) is 25.3. The number of nitrogens with zero attached hydrogens (tertiary/aromatic N) is 4. The fourth-order valence-electron chi connectivity index (χ4n) is 7.22. The lowest BCUT2D eigenvalue weighted by Gasteiger charge is -2.30. The number of carbonyl (C=O) groups is 3. The van der Waals surface area contributed by atoms with Crippen LogP contribution in [0.15, 0.2) is 48.6 Å². The van der Waals surface area contributed by atoms with E-state index < -0.39 is 44.3 Å². The van der Waals surface area contributed by atoms with Crippen LogP contribution < -0.4 is 24.2 Å². The van der Waals surface area contributed by atoms with Gasteiger partial charge >= 0.3 is 6.03 Å². The molecule has 3 heterocycles. The van der Waals surface area contributed by atoms with E-state index in [9.17, 15) is 22.8 Å². The number of rotatable bonds is 8. The summed E-state index contributed by atoms with van der Waals surface area (Å²) in [6, 6.07) is 9.64. The first kappa shape index (κ1) is 36.4. The maximum Gasteiger partial charge on any atom is 0.320 e. The summed E-state index contributed by atoms with van der Waals surface area (Å²) in [6.07, 6.45) is 6.76. The lowest BCUT2D eigenvalue weighted by molar-refractivity contribution is -0.131. The van der Waals surface area contributed by atoms with Gasteiger partial charge in [0.25, 0.3) is 5.91 Å². The molecule has 0 radical (unpaired) electrons. The summed E-state index contributed by atoms with van der Waals surface area (Å²) >= 11 is 0. The Morgan fingerprint density at radius 3 is 2.49 bits per heavy atom. The molecule has 4 atom stereocenters. The van der Waals surface area contributed by atoms with Crippen LogP contribution in [0.3, 0.4) is 0 Å². The zero-order valence-corrected chi connectivity index (χ0v) is 31.5. The van der Waals surface area contributed by atoms with Gasteiger partial charge in [0.2, 0.25) is 21.8 Å². The summed E-state index contributed by atoms with van der Waals surface area (Å²) in [5, 5.41) is 3.55. The summed E-state index contributed by atoms with van der Waals surface area (Å²) in [4.78, 5) is 54.8. The van der Waals surface area contributed by atoms with Crippen molar-refractivity contribution in [2.75, 3.05) is 34.4 Å². The molecular weight excluding hydrogens is 701 g/mol. The van der Waals surface area contributed by atoms with E-state index in [-0.39, 0.29) is 37.2 Å². The highest BCUT2D eigenvalue weighted by atomic mass is 32.2. The molecule has 53 heavy (non-hydrogen) atoms. The zero-order valence-electron chi connectivity index (χ0n) is 30.7. The molecule has 15 heteroatoms. The molecule has 4 unspecified atom stereocenters. The second-order valence-corrected chi connectivity index (χ2v) is 17.0. The van der Waals surface area contributed by atoms with Crippen LogP contribution in [0.25, 0.3) is 22.3 Å². The minimum atomic E-state index is -3.95.